The maximum atomic E-state index is 14.2. The maximum absolute atomic E-state index is 14.2. The van der Waals surface area contributed by atoms with Crippen molar-refractivity contribution in [2.24, 2.45) is 23.7 Å². The molecule has 2 N–H and O–H groups in total. The molecule has 3 saturated carbocycles. The lowest BCUT2D eigenvalue weighted by molar-refractivity contribution is -0.143. The molecule has 0 bridgehead atoms. The third kappa shape index (κ3) is 6.94. The summed E-state index contributed by atoms with van der Waals surface area (Å²) in [6, 6.07) is -2.32. The summed E-state index contributed by atoms with van der Waals surface area (Å²) in [5, 5.41) is 5.75. The molecule has 3 amide bonds. The standard InChI is InChI=1S/C29H45N3O6/c1-17(33)25(34)22(15-18-13-14-18)30-26(35)24-21-12-8-11-20(21)16-32(24)27(36)23(19-9-6-5-7-10-19)31-28(37)38-29(2,3)4/h18-24H,5-16H2,1-4H3,(H,30,35)(H,31,37). The lowest BCUT2D eigenvalue weighted by Crippen LogP contribution is -2.59. The number of ketones is 2. The van der Waals surface area contributed by atoms with Crippen LogP contribution < -0.4 is 10.6 Å². The lowest BCUT2D eigenvalue weighted by atomic mass is 9.83. The average Bonchev–Trinajstić information content (AvgIpc) is 3.42. The van der Waals surface area contributed by atoms with Crippen molar-refractivity contribution in [3.05, 3.63) is 0 Å². The summed E-state index contributed by atoms with van der Waals surface area (Å²) >= 11 is 0. The third-order valence-electron chi connectivity index (χ3n) is 8.75. The van der Waals surface area contributed by atoms with Gasteiger partial charge in [0.2, 0.25) is 17.6 Å². The average molecular weight is 532 g/mol. The van der Waals surface area contributed by atoms with Crippen LogP contribution in [0.3, 0.4) is 0 Å². The lowest BCUT2D eigenvalue weighted by Gasteiger charge is -2.36. The van der Waals surface area contributed by atoms with Crippen LogP contribution >= 0.6 is 0 Å². The van der Waals surface area contributed by atoms with Crippen LogP contribution in [0.25, 0.3) is 0 Å². The van der Waals surface area contributed by atoms with Gasteiger partial charge in [-0.05, 0) is 76.5 Å². The Morgan fingerprint density at radius 1 is 0.895 bits per heavy atom. The molecule has 38 heavy (non-hydrogen) atoms. The van der Waals surface area contributed by atoms with Gasteiger partial charge in [-0.25, -0.2) is 4.79 Å². The number of fused-ring (bicyclic) bond motifs is 1. The molecular formula is C29H45N3O6. The molecule has 3 aliphatic carbocycles. The minimum absolute atomic E-state index is 0.0153. The number of ether oxygens (including phenoxy) is 1. The van der Waals surface area contributed by atoms with Crippen molar-refractivity contribution in [1.82, 2.24) is 15.5 Å². The highest BCUT2D eigenvalue weighted by Crippen LogP contribution is 2.43. The number of Topliss-reactive ketones (excluding diaryl/α,β-unsaturated/α-hetero) is 2. The highest BCUT2D eigenvalue weighted by atomic mass is 16.6. The summed E-state index contributed by atoms with van der Waals surface area (Å²) in [6.45, 7) is 7.06. The number of amides is 3. The van der Waals surface area contributed by atoms with Gasteiger partial charge in [0.15, 0.2) is 5.78 Å². The molecule has 9 nitrogen and oxygen atoms in total. The predicted molar refractivity (Wildman–Crippen MR) is 141 cm³/mol. The fourth-order valence-electron chi connectivity index (χ4n) is 6.75. The van der Waals surface area contributed by atoms with Crippen LogP contribution in [0, 0.1) is 23.7 Å². The summed E-state index contributed by atoms with van der Waals surface area (Å²) in [5.74, 6) is -1.17. The second kappa shape index (κ2) is 11.7. The number of alkyl carbamates (subject to hydrolysis) is 1. The molecule has 4 fully saturated rings. The zero-order chi connectivity index (χ0) is 27.6. The number of hydrogen-bond donors (Lipinski definition) is 2. The molecule has 0 spiro atoms. The molecule has 1 aliphatic heterocycles. The third-order valence-corrected chi connectivity index (χ3v) is 8.75. The molecule has 0 aromatic heterocycles. The zero-order valence-electron chi connectivity index (χ0n) is 23.4. The van der Waals surface area contributed by atoms with Gasteiger partial charge in [0.1, 0.15) is 17.7 Å². The molecule has 1 heterocycles. The van der Waals surface area contributed by atoms with Gasteiger partial charge in [0, 0.05) is 13.5 Å². The summed E-state index contributed by atoms with van der Waals surface area (Å²) in [7, 11) is 0. The van der Waals surface area contributed by atoms with Crippen LogP contribution in [0.4, 0.5) is 4.79 Å². The minimum Gasteiger partial charge on any atom is -0.444 e. The number of rotatable bonds is 9. The van der Waals surface area contributed by atoms with E-state index in [2.05, 4.69) is 10.6 Å². The topological polar surface area (TPSA) is 122 Å². The first-order valence-corrected chi connectivity index (χ1v) is 14.6. The van der Waals surface area contributed by atoms with E-state index in [4.69, 9.17) is 4.74 Å². The molecule has 212 valence electrons. The molecule has 5 unspecified atom stereocenters. The van der Waals surface area contributed by atoms with Crippen molar-refractivity contribution < 1.29 is 28.7 Å². The fourth-order valence-corrected chi connectivity index (χ4v) is 6.75. The molecule has 4 rings (SSSR count). The van der Waals surface area contributed by atoms with Crippen LogP contribution in [-0.4, -0.2) is 64.6 Å². The van der Waals surface area contributed by atoms with Gasteiger partial charge >= 0.3 is 6.09 Å². The van der Waals surface area contributed by atoms with Crippen LogP contribution in [0.1, 0.15) is 98.3 Å². The van der Waals surface area contributed by atoms with E-state index in [-0.39, 0.29) is 29.6 Å². The van der Waals surface area contributed by atoms with Gasteiger partial charge < -0.3 is 20.3 Å². The Bertz CT molecular complexity index is 933. The van der Waals surface area contributed by atoms with E-state index in [9.17, 15) is 24.0 Å². The Kier molecular flexibility index (Phi) is 8.82. The Morgan fingerprint density at radius 3 is 2.18 bits per heavy atom. The van der Waals surface area contributed by atoms with Gasteiger partial charge in [-0.3, -0.25) is 19.2 Å². The van der Waals surface area contributed by atoms with Crippen molar-refractivity contribution in [2.75, 3.05) is 6.54 Å². The summed E-state index contributed by atoms with van der Waals surface area (Å²) in [6.07, 6.45) is 9.38. The van der Waals surface area contributed by atoms with Crippen LogP contribution in [0.2, 0.25) is 0 Å². The van der Waals surface area contributed by atoms with Gasteiger partial charge in [0.05, 0.1) is 6.04 Å². The number of carbonyl (C=O) groups is 5. The molecule has 5 atom stereocenters. The van der Waals surface area contributed by atoms with Crippen molar-refractivity contribution in [1.29, 1.82) is 0 Å². The Balaban J connectivity index is 1.55. The van der Waals surface area contributed by atoms with Crippen LogP contribution in [0.15, 0.2) is 0 Å². The van der Waals surface area contributed by atoms with E-state index < -0.39 is 41.4 Å². The fraction of sp³-hybridized carbons (Fsp3) is 0.828. The van der Waals surface area contributed by atoms with Crippen molar-refractivity contribution in [3.63, 3.8) is 0 Å². The monoisotopic (exact) mass is 531 g/mol. The van der Waals surface area contributed by atoms with Crippen molar-refractivity contribution in [2.45, 2.75) is 122 Å². The second-order valence-corrected chi connectivity index (χ2v) is 13.0. The SMILES string of the molecule is CC(=O)C(=O)C(CC1CC1)NC(=O)C1C2CCCC2CN1C(=O)C(NC(=O)OC(C)(C)C)C1CCCCC1. The molecule has 0 radical (unpaired) electrons. The molecule has 0 aromatic rings. The molecular weight excluding hydrogens is 486 g/mol. The largest absolute Gasteiger partial charge is 0.444 e. The predicted octanol–water partition coefficient (Wildman–Crippen LogP) is 3.53. The molecule has 9 heteroatoms. The number of nitrogens with one attached hydrogen (secondary N) is 2. The number of likely N-dealkylation sites (tertiary alicyclic amines) is 1. The zero-order valence-corrected chi connectivity index (χ0v) is 23.4. The van der Waals surface area contributed by atoms with E-state index in [1.165, 1.54) is 6.92 Å². The second-order valence-electron chi connectivity index (χ2n) is 13.0. The first-order valence-electron chi connectivity index (χ1n) is 14.6. The van der Waals surface area contributed by atoms with Gasteiger partial charge in [-0.1, -0.05) is 38.5 Å². The maximum Gasteiger partial charge on any atom is 0.408 e. The highest BCUT2D eigenvalue weighted by molar-refractivity contribution is 6.38. The highest BCUT2D eigenvalue weighted by Gasteiger charge is 2.52. The van der Waals surface area contributed by atoms with Gasteiger partial charge in [-0.2, -0.15) is 0 Å². The van der Waals surface area contributed by atoms with E-state index in [1.54, 1.807) is 25.7 Å². The van der Waals surface area contributed by atoms with Crippen LogP contribution in [0.5, 0.6) is 0 Å². The van der Waals surface area contributed by atoms with Crippen molar-refractivity contribution in [3.8, 4) is 0 Å². The smallest absolute Gasteiger partial charge is 0.408 e. The quantitative estimate of drug-likeness (QED) is 0.439. The van der Waals surface area contributed by atoms with E-state index >= 15 is 0 Å². The van der Waals surface area contributed by atoms with E-state index in [0.717, 1.165) is 64.2 Å². The summed E-state index contributed by atoms with van der Waals surface area (Å²) < 4.78 is 5.50. The van der Waals surface area contributed by atoms with Gasteiger partial charge in [0.25, 0.3) is 0 Å². The van der Waals surface area contributed by atoms with E-state index in [0.29, 0.717) is 18.9 Å². The number of carbonyl (C=O) groups excluding carboxylic acids is 5. The Morgan fingerprint density at radius 2 is 1.58 bits per heavy atom. The van der Waals surface area contributed by atoms with E-state index in [1.807, 2.05) is 0 Å². The first kappa shape index (κ1) is 28.6. The molecule has 4 aliphatic rings. The Hall–Kier alpha value is -2.45. The van der Waals surface area contributed by atoms with Gasteiger partial charge in [-0.15, -0.1) is 0 Å². The summed E-state index contributed by atoms with van der Waals surface area (Å²) in [5.41, 5.74) is -0.697. The van der Waals surface area contributed by atoms with Crippen LogP contribution in [-0.2, 0) is 23.9 Å². The summed E-state index contributed by atoms with van der Waals surface area (Å²) in [4.78, 5) is 66.9. The number of nitrogens with zero attached hydrogens (tertiary/aromatic N) is 1. The molecule has 1 saturated heterocycles. The normalized spacial score (nSPS) is 27.3. The Labute approximate surface area is 226 Å². The molecule has 0 aromatic carbocycles. The first-order chi connectivity index (χ1) is 17.9. The minimum atomic E-state index is -0.848. The van der Waals surface area contributed by atoms with Crippen molar-refractivity contribution >= 4 is 29.5 Å². The number of hydrogen-bond acceptors (Lipinski definition) is 6.